The maximum atomic E-state index is 12.8. The van der Waals surface area contributed by atoms with Crippen LogP contribution >= 0.6 is 0 Å². The molecule has 0 N–H and O–H groups in total. The molecule has 2 atom stereocenters. The van der Waals surface area contributed by atoms with Crippen LogP contribution in [0.25, 0.3) is 0 Å². The Morgan fingerprint density at radius 3 is 2.00 bits per heavy atom. The summed E-state index contributed by atoms with van der Waals surface area (Å²) in [5.74, 6) is -0.262. The molecule has 0 amide bonds. The predicted octanol–water partition coefficient (Wildman–Crippen LogP) is 4.12. The summed E-state index contributed by atoms with van der Waals surface area (Å²) in [6.07, 6.45) is 6.54. The van der Waals surface area contributed by atoms with Gasteiger partial charge in [-0.25, -0.2) is 0 Å². The van der Waals surface area contributed by atoms with Crippen LogP contribution in [-0.4, -0.2) is 25.2 Å². The molecule has 0 spiro atoms. The van der Waals surface area contributed by atoms with Gasteiger partial charge in [-0.2, -0.15) is 0 Å². The quantitative estimate of drug-likeness (QED) is 0.475. The van der Waals surface area contributed by atoms with E-state index in [4.69, 9.17) is 9.47 Å². The van der Waals surface area contributed by atoms with Crippen LogP contribution in [-0.2, 0) is 19.1 Å². The molecule has 1 aliphatic carbocycles. The summed E-state index contributed by atoms with van der Waals surface area (Å²) in [4.78, 5) is 25.6. The smallest absolute Gasteiger partial charge is 0.323 e. The average Bonchev–Trinajstić information content (AvgIpc) is 2.94. The van der Waals surface area contributed by atoms with Crippen molar-refractivity contribution in [2.75, 3.05) is 13.2 Å². The van der Waals surface area contributed by atoms with Gasteiger partial charge in [0.25, 0.3) is 0 Å². The molecule has 0 bridgehead atoms. The van der Waals surface area contributed by atoms with Gasteiger partial charge in [-0.1, -0.05) is 46.0 Å². The minimum Gasteiger partial charge on any atom is -0.465 e. The van der Waals surface area contributed by atoms with Crippen molar-refractivity contribution in [2.45, 2.75) is 72.6 Å². The molecule has 22 heavy (non-hydrogen) atoms. The molecule has 1 fully saturated rings. The van der Waals surface area contributed by atoms with Gasteiger partial charge in [0.1, 0.15) is 0 Å². The van der Waals surface area contributed by atoms with Crippen molar-refractivity contribution in [1.82, 2.24) is 0 Å². The topological polar surface area (TPSA) is 52.6 Å². The minimum absolute atomic E-state index is 0.0606. The zero-order valence-corrected chi connectivity index (χ0v) is 14.7. The van der Waals surface area contributed by atoms with E-state index in [-0.39, 0.29) is 17.9 Å². The summed E-state index contributed by atoms with van der Waals surface area (Å²) >= 11 is 0. The Balaban J connectivity index is 3.21. The Morgan fingerprint density at radius 2 is 1.55 bits per heavy atom. The second-order valence-electron chi connectivity index (χ2n) is 6.25. The number of esters is 2. The van der Waals surface area contributed by atoms with Gasteiger partial charge in [0, 0.05) is 0 Å². The highest BCUT2D eigenvalue weighted by molar-refractivity contribution is 6.00. The van der Waals surface area contributed by atoms with Crippen LogP contribution in [0.3, 0.4) is 0 Å². The van der Waals surface area contributed by atoms with Gasteiger partial charge < -0.3 is 9.47 Å². The standard InChI is InChI=1S/C18H32O4/c1-5-10-14-11-9-12-15(14)18(13-6-2,16(19)21-7-3)17(20)22-8-4/h14-15H,5-13H2,1-4H3. The van der Waals surface area contributed by atoms with Crippen LogP contribution in [0.15, 0.2) is 0 Å². The summed E-state index contributed by atoms with van der Waals surface area (Å²) in [5, 5.41) is 0. The van der Waals surface area contributed by atoms with Crippen LogP contribution < -0.4 is 0 Å². The van der Waals surface area contributed by atoms with Crippen molar-refractivity contribution in [3.63, 3.8) is 0 Å². The lowest BCUT2D eigenvalue weighted by atomic mass is 9.67. The number of hydrogen-bond donors (Lipinski definition) is 0. The molecule has 0 radical (unpaired) electrons. The molecule has 0 aromatic carbocycles. The van der Waals surface area contributed by atoms with Crippen molar-refractivity contribution >= 4 is 11.9 Å². The van der Waals surface area contributed by atoms with Gasteiger partial charge in [-0.05, 0) is 38.5 Å². The molecule has 0 aromatic rings. The number of hydrogen-bond acceptors (Lipinski definition) is 4. The van der Waals surface area contributed by atoms with E-state index in [2.05, 4.69) is 6.92 Å². The van der Waals surface area contributed by atoms with Gasteiger partial charge in [0.15, 0.2) is 5.41 Å². The fraction of sp³-hybridized carbons (Fsp3) is 0.889. The highest BCUT2D eigenvalue weighted by atomic mass is 16.6. The van der Waals surface area contributed by atoms with Crippen molar-refractivity contribution in [1.29, 1.82) is 0 Å². The van der Waals surface area contributed by atoms with Crippen LogP contribution in [0, 0.1) is 17.3 Å². The van der Waals surface area contributed by atoms with E-state index in [9.17, 15) is 9.59 Å². The van der Waals surface area contributed by atoms with Crippen molar-refractivity contribution < 1.29 is 19.1 Å². The molecule has 1 rings (SSSR count). The number of rotatable bonds is 9. The molecule has 0 aliphatic heterocycles. The molecular weight excluding hydrogens is 280 g/mol. The molecule has 1 saturated carbocycles. The third-order valence-corrected chi connectivity index (χ3v) is 4.88. The van der Waals surface area contributed by atoms with Crippen LogP contribution in [0.1, 0.15) is 72.6 Å². The molecule has 0 saturated heterocycles. The Morgan fingerprint density at radius 1 is 0.955 bits per heavy atom. The summed E-state index contributed by atoms with van der Waals surface area (Å²) in [5.41, 5.74) is -1.10. The van der Waals surface area contributed by atoms with Gasteiger partial charge in [-0.3, -0.25) is 9.59 Å². The summed E-state index contributed by atoms with van der Waals surface area (Å²) in [6.45, 7) is 8.35. The largest absolute Gasteiger partial charge is 0.465 e. The lowest BCUT2D eigenvalue weighted by molar-refractivity contribution is -0.179. The van der Waals surface area contributed by atoms with E-state index in [1.165, 1.54) is 0 Å². The fourth-order valence-corrected chi connectivity index (χ4v) is 4.09. The second kappa shape index (κ2) is 9.16. The maximum absolute atomic E-state index is 12.8. The third kappa shape index (κ3) is 3.82. The van der Waals surface area contributed by atoms with Crippen LogP contribution in [0.4, 0.5) is 0 Å². The zero-order chi connectivity index (χ0) is 16.6. The molecule has 4 nitrogen and oxygen atoms in total. The van der Waals surface area contributed by atoms with E-state index < -0.39 is 5.41 Å². The lowest BCUT2D eigenvalue weighted by Crippen LogP contribution is -2.49. The molecular formula is C18H32O4. The van der Waals surface area contributed by atoms with Crippen molar-refractivity contribution in [2.24, 2.45) is 17.3 Å². The Hall–Kier alpha value is -1.06. The number of carbonyl (C=O) groups excluding carboxylic acids is 2. The first-order valence-corrected chi connectivity index (χ1v) is 8.92. The summed E-state index contributed by atoms with van der Waals surface area (Å²) in [7, 11) is 0. The molecule has 0 heterocycles. The van der Waals surface area contributed by atoms with E-state index in [1.54, 1.807) is 13.8 Å². The van der Waals surface area contributed by atoms with Gasteiger partial charge in [-0.15, -0.1) is 0 Å². The van der Waals surface area contributed by atoms with Gasteiger partial charge in [0.05, 0.1) is 13.2 Å². The summed E-state index contributed by atoms with van der Waals surface area (Å²) in [6, 6.07) is 0. The van der Waals surface area contributed by atoms with E-state index in [0.29, 0.717) is 25.6 Å². The Bertz CT molecular complexity index is 346. The Kier molecular flexibility index (Phi) is 7.91. The normalized spacial score (nSPS) is 21.6. The predicted molar refractivity (Wildman–Crippen MR) is 86.3 cm³/mol. The van der Waals surface area contributed by atoms with E-state index in [1.807, 2.05) is 6.92 Å². The van der Waals surface area contributed by atoms with Crippen molar-refractivity contribution in [3.8, 4) is 0 Å². The zero-order valence-electron chi connectivity index (χ0n) is 14.7. The van der Waals surface area contributed by atoms with E-state index >= 15 is 0 Å². The fourth-order valence-electron chi connectivity index (χ4n) is 4.09. The molecule has 0 aromatic heterocycles. The van der Waals surface area contributed by atoms with Crippen LogP contribution in [0.5, 0.6) is 0 Å². The lowest BCUT2D eigenvalue weighted by Gasteiger charge is -2.37. The first kappa shape index (κ1) is 19.0. The molecule has 1 aliphatic rings. The summed E-state index contributed by atoms with van der Waals surface area (Å²) < 4.78 is 10.7. The first-order chi connectivity index (χ1) is 10.6. The minimum atomic E-state index is -1.10. The van der Waals surface area contributed by atoms with Gasteiger partial charge in [0.2, 0.25) is 0 Å². The average molecular weight is 312 g/mol. The second-order valence-corrected chi connectivity index (χ2v) is 6.25. The van der Waals surface area contributed by atoms with Gasteiger partial charge >= 0.3 is 11.9 Å². The molecule has 128 valence electrons. The van der Waals surface area contributed by atoms with Crippen LogP contribution in [0.2, 0.25) is 0 Å². The first-order valence-electron chi connectivity index (χ1n) is 8.92. The number of carbonyl (C=O) groups is 2. The highest BCUT2D eigenvalue weighted by Crippen LogP contribution is 2.49. The molecule has 2 unspecified atom stereocenters. The number of ether oxygens (including phenoxy) is 2. The monoisotopic (exact) mass is 312 g/mol. The molecule has 4 heteroatoms. The highest BCUT2D eigenvalue weighted by Gasteiger charge is 2.56. The SMILES string of the molecule is CCCC1CCCC1C(CCC)(C(=O)OCC)C(=O)OCC. The third-order valence-electron chi connectivity index (χ3n) is 4.88. The Labute approximate surface area is 134 Å². The maximum Gasteiger partial charge on any atom is 0.323 e. The van der Waals surface area contributed by atoms with Crippen molar-refractivity contribution in [3.05, 3.63) is 0 Å². The van der Waals surface area contributed by atoms with E-state index in [0.717, 1.165) is 38.5 Å².